The number of alkyl carbamates (subject to hydrolysis) is 1. The Bertz CT molecular complexity index is 1420. The van der Waals surface area contributed by atoms with E-state index in [-0.39, 0.29) is 56.5 Å². The Balaban J connectivity index is 1.74. The highest BCUT2D eigenvalue weighted by molar-refractivity contribution is 7.91. The minimum atomic E-state index is -4.79. The van der Waals surface area contributed by atoms with Crippen LogP contribution in [0.1, 0.15) is 67.6 Å². The second-order valence-corrected chi connectivity index (χ2v) is 14.1. The van der Waals surface area contributed by atoms with Gasteiger partial charge in [-0.25, -0.2) is 13.2 Å². The first kappa shape index (κ1) is 34.0. The Kier molecular flexibility index (Phi) is 10.8. The van der Waals surface area contributed by atoms with Crippen molar-refractivity contribution >= 4 is 45.0 Å². The zero-order valence-electron chi connectivity index (χ0n) is 23.7. The number of hydrogen-bond acceptors (Lipinski definition) is 6. The van der Waals surface area contributed by atoms with E-state index in [1.165, 1.54) is 31.2 Å². The lowest BCUT2D eigenvalue weighted by atomic mass is 10.00. The van der Waals surface area contributed by atoms with Gasteiger partial charge in [0.1, 0.15) is 5.60 Å². The first-order chi connectivity index (χ1) is 19.4. The fourth-order valence-electron chi connectivity index (χ4n) is 4.54. The van der Waals surface area contributed by atoms with Crippen molar-refractivity contribution in [1.29, 1.82) is 0 Å². The third-order valence-corrected chi connectivity index (χ3v) is 9.03. The molecule has 3 rings (SSSR count). The number of halogens is 5. The number of alkyl halides is 3. The van der Waals surface area contributed by atoms with Gasteiger partial charge in [-0.3, -0.25) is 9.69 Å². The molecule has 2 aromatic rings. The summed E-state index contributed by atoms with van der Waals surface area (Å²) in [6, 6.07) is 5.85. The molecule has 0 radical (unpaired) electrons. The maximum absolute atomic E-state index is 14.1. The molecule has 42 heavy (non-hydrogen) atoms. The van der Waals surface area contributed by atoms with Gasteiger partial charge in [0, 0.05) is 47.8 Å². The Morgan fingerprint density at radius 1 is 1.07 bits per heavy atom. The van der Waals surface area contributed by atoms with Crippen LogP contribution in [0, 0.1) is 0 Å². The molecule has 1 fully saturated rings. The zero-order chi connectivity index (χ0) is 31.5. The minimum Gasteiger partial charge on any atom is -0.444 e. The molecule has 1 aliphatic rings. The van der Waals surface area contributed by atoms with Crippen LogP contribution in [0.3, 0.4) is 0 Å². The van der Waals surface area contributed by atoms with Gasteiger partial charge in [-0.05, 0) is 75.1 Å². The summed E-state index contributed by atoms with van der Waals surface area (Å²) >= 11 is 12.3. The van der Waals surface area contributed by atoms with E-state index in [0.29, 0.717) is 25.9 Å². The van der Waals surface area contributed by atoms with E-state index in [1.54, 1.807) is 25.7 Å². The number of carbonyl (C=O) groups excluding carboxylic acids is 2. The lowest BCUT2D eigenvalue weighted by molar-refractivity contribution is -0.138. The predicted molar refractivity (Wildman–Crippen MR) is 154 cm³/mol. The molecule has 1 saturated heterocycles. The molecule has 0 spiro atoms. The van der Waals surface area contributed by atoms with E-state index >= 15 is 0 Å². The summed E-state index contributed by atoms with van der Waals surface area (Å²) in [4.78, 5) is 26.7. The molecule has 0 unspecified atom stereocenters. The quantitative estimate of drug-likeness (QED) is 0.351. The van der Waals surface area contributed by atoms with Crippen molar-refractivity contribution in [1.82, 2.24) is 15.5 Å². The first-order valence-electron chi connectivity index (χ1n) is 13.3. The molecule has 2 N–H and O–H groups in total. The summed E-state index contributed by atoms with van der Waals surface area (Å²) in [5, 5.41) is 5.29. The van der Waals surface area contributed by atoms with Crippen LogP contribution in [0.2, 0.25) is 10.0 Å². The number of hydrogen-bond donors (Lipinski definition) is 2. The van der Waals surface area contributed by atoms with Crippen molar-refractivity contribution in [2.45, 2.75) is 76.3 Å². The summed E-state index contributed by atoms with van der Waals surface area (Å²) in [6.07, 6.45) is -4.31. The summed E-state index contributed by atoms with van der Waals surface area (Å²) in [7, 11) is -3.64. The van der Waals surface area contributed by atoms with Crippen LogP contribution in [0.4, 0.5) is 18.0 Å². The number of amides is 2. The second kappa shape index (κ2) is 13.4. The molecule has 0 aliphatic carbocycles. The standard InChI is InChI=1S/C28H34Cl2F3N3O5S/c1-5-42(39,40)24-7-6-19(29)12-18(24)15-34-25(37)17-13-22(28(31,32)33)21(23(30)14-17)16-36-10-8-20(9-11-36)35-26(38)41-27(2,3)4/h6-7,12-14,20H,5,8-11,15-16H2,1-4H3,(H,34,37)(H,35,38). The molecular formula is C28H34Cl2F3N3O5S. The van der Waals surface area contributed by atoms with E-state index in [4.69, 9.17) is 27.9 Å². The fourth-order valence-corrected chi connectivity index (χ4v) is 6.13. The van der Waals surface area contributed by atoms with Gasteiger partial charge in [-0.15, -0.1) is 0 Å². The average molecular weight is 653 g/mol. The molecule has 1 aliphatic heterocycles. The van der Waals surface area contributed by atoms with Crippen LogP contribution >= 0.6 is 23.2 Å². The number of nitrogens with one attached hydrogen (secondary N) is 2. The highest BCUT2D eigenvalue weighted by atomic mass is 35.5. The molecule has 232 valence electrons. The van der Waals surface area contributed by atoms with Crippen LogP contribution < -0.4 is 10.6 Å². The molecule has 0 atom stereocenters. The van der Waals surface area contributed by atoms with Crippen molar-refractivity contribution in [3.63, 3.8) is 0 Å². The number of piperidine rings is 1. The summed E-state index contributed by atoms with van der Waals surface area (Å²) < 4.78 is 72.5. The topological polar surface area (TPSA) is 105 Å². The molecule has 2 aromatic carbocycles. The van der Waals surface area contributed by atoms with Crippen molar-refractivity contribution in [2.24, 2.45) is 0 Å². The molecule has 0 aromatic heterocycles. The van der Waals surface area contributed by atoms with E-state index < -0.39 is 39.2 Å². The molecule has 2 amide bonds. The van der Waals surface area contributed by atoms with Gasteiger partial charge in [0.25, 0.3) is 5.91 Å². The van der Waals surface area contributed by atoms with Crippen molar-refractivity contribution in [2.75, 3.05) is 18.8 Å². The van der Waals surface area contributed by atoms with E-state index in [0.717, 1.165) is 6.07 Å². The third kappa shape index (κ3) is 9.23. The van der Waals surface area contributed by atoms with Gasteiger partial charge in [0.05, 0.1) is 16.2 Å². The maximum Gasteiger partial charge on any atom is 0.416 e. The van der Waals surface area contributed by atoms with Crippen LogP contribution in [-0.2, 0) is 33.8 Å². The number of ether oxygens (including phenoxy) is 1. The smallest absolute Gasteiger partial charge is 0.416 e. The van der Waals surface area contributed by atoms with Gasteiger partial charge >= 0.3 is 12.3 Å². The molecular weight excluding hydrogens is 618 g/mol. The average Bonchev–Trinajstić information content (AvgIpc) is 2.87. The zero-order valence-corrected chi connectivity index (χ0v) is 26.0. The second-order valence-electron chi connectivity index (χ2n) is 11.0. The maximum atomic E-state index is 14.1. The van der Waals surface area contributed by atoms with Crippen molar-refractivity contribution in [3.8, 4) is 0 Å². The van der Waals surface area contributed by atoms with Crippen LogP contribution in [0.5, 0.6) is 0 Å². The summed E-state index contributed by atoms with van der Waals surface area (Å²) in [5.74, 6) is -1.04. The monoisotopic (exact) mass is 651 g/mol. The highest BCUT2D eigenvalue weighted by Crippen LogP contribution is 2.37. The Labute approximate surface area is 253 Å². The summed E-state index contributed by atoms with van der Waals surface area (Å²) in [6.45, 7) is 7.18. The Morgan fingerprint density at radius 2 is 1.71 bits per heavy atom. The van der Waals surface area contributed by atoms with Crippen LogP contribution in [-0.4, -0.2) is 55.8 Å². The van der Waals surface area contributed by atoms with Gasteiger partial charge in [-0.1, -0.05) is 30.1 Å². The molecule has 14 heteroatoms. The fraction of sp³-hybridized carbons (Fsp3) is 0.500. The lowest BCUT2D eigenvalue weighted by Crippen LogP contribution is -2.46. The SMILES string of the molecule is CCS(=O)(=O)c1ccc(Cl)cc1CNC(=O)c1cc(Cl)c(CN2CCC(NC(=O)OC(C)(C)C)CC2)c(C(F)(F)F)c1. The number of likely N-dealkylation sites (tertiary alicyclic amines) is 1. The predicted octanol–water partition coefficient (Wildman–Crippen LogP) is 6.22. The normalized spacial score (nSPS) is 15.4. The van der Waals surface area contributed by atoms with Gasteiger partial charge in [0.2, 0.25) is 0 Å². The van der Waals surface area contributed by atoms with Gasteiger partial charge < -0.3 is 15.4 Å². The van der Waals surface area contributed by atoms with E-state index in [2.05, 4.69) is 10.6 Å². The number of nitrogens with zero attached hydrogens (tertiary/aromatic N) is 1. The first-order valence-corrected chi connectivity index (χ1v) is 15.7. The number of rotatable bonds is 8. The molecule has 1 heterocycles. The van der Waals surface area contributed by atoms with Crippen molar-refractivity contribution in [3.05, 3.63) is 62.6 Å². The minimum absolute atomic E-state index is 0.0240. The van der Waals surface area contributed by atoms with E-state index in [9.17, 15) is 31.2 Å². The third-order valence-electron chi connectivity index (χ3n) is 6.63. The van der Waals surface area contributed by atoms with Crippen molar-refractivity contribution < 1.29 is 35.9 Å². The van der Waals surface area contributed by atoms with Crippen LogP contribution in [0.25, 0.3) is 0 Å². The highest BCUT2D eigenvalue weighted by Gasteiger charge is 2.36. The van der Waals surface area contributed by atoms with Gasteiger partial charge in [-0.2, -0.15) is 13.2 Å². The summed E-state index contributed by atoms with van der Waals surface area (Å²) in [5.41, 5.74) is -1.96. The number of sulfone groups is 1. The lowest BCUT2D eigenvalue weighted by Gasteiger charge is -2.33. The Morgan fingerprint density at radius 3 is 2.29 bits per heavy atom. The van der Waals surface area contributed by atoms with Crippen LogP contribution in [0.15, 0.2) is 35.2 Å². The number of benzene rings is 2. The Hall–Kier alpha value is -2.54. The molecule has 8 nitrogen and oxygen atoms in total. The largest absolute Gasteiger partial charge is 0.444 e. The number of carbonyl (C=O) groups is 2. The molecule has 0 bridgehead atoms. The van der Waals surface area contributed by atoms with Gasteiger partial charge in [0.15, 0.2) is 9.84 Å². The van der Waals surface area contributed by atoms with E-state index in [1.807, 2.05) is 0 Å². The molecule has 0 saturated carbocycles.